The van der Waals surface area contributed by atoms with Gasteiger partial charge in [0.2, 0.25) is 5.91 Å². The van der Waals surface area contributed by atoms with E-state index >= 15 is 0 Å². The van der Waals surface area contributed by atoms with Gasteiger partial charge in [-0.1, -0.05) is 29.8 Å². The van der Waals surface area contributed by atoms with Crippen molar-refractivity contribution < 1.29 is 31.1 Å². The lowest BCUT2D eigenvalue weighted by molar-refractivity contribution is -0.143. The predicted octanol–water partition coefficient (Wildman–Crippen LogP) is 6.30. The van der Waals surface area contributed by atoms with Crippen molar-refractivity contribution in [2.24, 2.45) is 0 Å². The predicted molar refractivity (Wildman–Crippen MR) is 85.1 cm³/mol. The number of rotatable bonds is 3. The Morgan fingerprint density at radius 1 is 0.923 bits per heavy atom. The van der Waals surface area contributed by atoms with Gasteiger partial charge in [-0.15, -0.1) is 11.6 Å². The summed E-state index contributed by atoms with van der Waals surface area (Å²) in [6, 6.07) is 6.68. The highest BCUT2D eigenvalue weighted by molar-refractivity contribution is 6.36. The molecule has 0 unspecified atom stereocenters. The minimum absolute atomic E-state index is 0.0398. The average molecular weight is 416 g/mol. The van der Waals surface area contributed by atoms with E-state index in [0.717, 1.165) is 0 Å². The first-order chi connectivity index (χ1) is 11.9. The summed E-state index contributed by atoms with van der Waals surface area (Å²) in [6.45, 7) is 0. The minimum Gasteiger partial charge on any atom is -0.324 e. The molecular formula is C16H9Cl2F6NO. The second-order valence-corrected chi connectivity index (χ2v) is 6.01. The molecule has 1 atom stereocenters. The number of hydrogen-bond donors (Lipinski definition) is 1. The third kappa shape index (κ3) is 4.82. The van der Waals surface area contributed by atoms with Crippen LogP contribution in [-0.2, 0) is 17.1 Å². The average Bonchev–Trinajstić information content (AvgIpc) is 2.52. The monoisotopic (exact) mass is 415 g/mol. The largest absolute Gasteiger partial charge is 0.416 e. The molecule has 0 aliphatic heterocycles. The van der Waals surface area contributed by atoms with Gasteiger partial charge in [0.25, 0.3) is 0 Å². The Morgan fingerprint density at radius 3 is 1.88 bits per heavy atom. The SMILES string of the molecule is O=C(Nc1cc(C(F)(F)F)cc(C(F)(F)F)c1)[C@H](Cl)c1ccccc1Cl. The van der Waals surface area contributed by atoms with Gasteiger partial charge in [0.15, 0.2) is 0 Å². The molecular weight excluding hydrogens is 407 g/mol. The van der Waals surface area contributed by atoms with Crippen LogP contribution in [0.2, 0.25) is 5.02 Å². The van der Waals surface area contributed by atoms with Gasteiger partial charge in [-0.2, -0.15) is 26.3 Å². The topological polar surface area (TPSA) is 29.1 Å². The molecule has 0 saturated carbocycles. The van der Waals surface area contributed by atoms with Crippen molar-refractivity contribution in [2.75, 3.05) is 5.32 Å². The quantitative estimate of drug-likeness (QED) is 0.462. The molecule has 1 N–H and O–H groups in total. The zero-order valence-electron chi connectivity index (χ0n) is 12.6. The van der Waals surface area contributed by atoms with Crippen molar-refractivity contribution in [3.8, 4) is 0 Å². The zero-order chi connectivity index (χ0) is 19.7. The number of carbonyl (C=O) groups is 1. The summed E-state index contributed by atoms with van der Waals surface area (Å²) in [5.41, 5.74) is -3.62. The van der Waals surface area contributed by atoms with Crippen LogP contribution in [0, 0.1) is 0 Å². The summed E-state index contributed by atoms with van der Waals surface area (Å²) in [6.07, 6.45) is -10.0. The first-order valence-electron chi connectivity index (χ1n) is 6.88. The van der Waals surface area contributed by atoms with Crippen LogP contribution in [-0.4, -0.2) is 5.91 Å². The summed E-state index contributed by atoms with van der Waals surface area (Å²) < 4.78 is 77.0. The van der Waals surface area contributed by atoms with Crippen LogP contribution in [0.5, 0.6) is 0 Å². The van der Waals surface area contributed by atoms with Crippen molar-refractivity contribution in [2.45, 2.75) is 17.7 Å². The van der Waals surface area contributed by atoms with Crippen molar-refractivity contribution in [3.63, 3.8) is 0 Å². The Morgan fingerprint density at radius 2 is 1.42 bits per heavy atom. The maximum Gasteiger partial charge on any atom is 0.416 e. The fourth-order valence-electron chi connectivity index (χ4n) is 2.05. The van der Waals surface area contributed by atoms with E-state index in [1.807, 2.05) is 5.32 Å². The van der Waals surface area contributed by atoms with E-state index in [4.69, 9.17) is 23.2 Å². The maximum atomic E-state index is 12.8. The van der Waals surface area contributed by atoms with E-state index in [1.54, 1.807) is 6.07 Å². The van der Waals surface area contributed by atoms with Crippen molar-refractivity contribution in [3.05, 3.63) is 64.2 Å². The van der Waals surface area contributed by atoms with Gasteiger partial charge in [0.1, 0.15) is 5.38 Å². The number of nitrogens with one attached hydrogen (secondary N) is 1. The molecule has 0 aliphatic rings. The van der Waals surface area contributed by atoms with Crippen molar-refractivity contribution in [1.29, 1.82) is 0 Å². The smallest absolute Gasteiger partial charge is 0.324 e. The molecule has 2 rings (SSSR count). The molecule has 0 fully saturated rings. The highest BCUT2D eigenvalue weighted by atomic mass is 35.5. The Hall–Kier alpha value is -1.93. The highest BCUT2D eigenvalue weighted by Crippen LogP contribution is 2.38. The lowest BCUT2D eigenvalue weighted by atomic mass is 10.1. The lowest BCUT2D eigenvalue weighted by Crippen LogP contribution is -2.19. The number of halogens is 8. The summed E-state index contributed by atoms with van der Waals surface area (Å²) in [5.74, 6) is -1.02. The summed E-state index contributed by atoms with van der Waals surface area (Å²) in [7, 11) is 0. The number of carbonyl (C=O) groups excluding carboxylic acids is 1. The third-order valence-electron chi connectivity index (χ3n) is 3.26. The molecule has 0 bridgehead atoms. The second-order valence-electron chi connectivity index (χ2n) is 5.17. The number of hydrogen-bond acceptors (Lipinski definition) is 1. The van der Waals surface area contributed by atoms with Crippen LogP contribution in [0.3, 0.4) is 0 Å². The molecule has 2 aromatic rings. The van der Waals surface area contributed by atoms with Gasteiger partial charge in [-0.25, -0.2) is 0 Å². The van der Waals surface area contributed by atoms with Crippen LogP contribution in [0.25, 0.3) is 0 Å². The summed E-state index contributed by atoms with van der Waals surface area (Å²) in [4.78, 5) is 12.1. The molecule has 0 heterocycles. The molecule has 2 aromatic carbocycles. The highest BCUT2D eigenvalue weighted by Gasteiger charge is 2.37. The molecule has 2 nitrogen and oxygen atoms in total. The lowest BCUT2D eigenvalue weighted by Gasteiger charge is -2.16. The van der Waals surface area contributed by atoms with Crippen LogP contribution in [0.15, 0.2) is 42.5 Å². The third-order valence-corrected chi connectivity index (χ3v) is 4.04. The molecule has 26 heavy (non-hydrogen) atoms. The van der Waals surface area contributed by atoms with E-state index < -0.39 is 40.5 Å². The number of amides is 1. The van der Waals surface area contributed by atoms with E-state index in [9.17, 15) is 31.1 Å². The standard InChI is InChI=1S/C16H9Cl2F6NO/c17-12-4-2-1-3-11(12)13(18)14(26)25-10-6-8(15(19,20)21)5-9(7-10)16(22,23)24/h1-7,13H,(H,25,26)/t13-/m1/s1. The summed E-state index contributed by atoms with van der Waals surface area (Å²) >= 11 is 11.8. The number of anilines is 1. The van der Waals surface area contributed by atoms with Gasteiger partial charge < -0.3 is 5.32 Å². The fraction of sp³-hybridized carbons (Fsp3) is 0.188. The van der Waals surface area contributed by atoms with Crippen molar-refractivity contribution >= 4 is 34.8 Å². The van der Waals surface area contributed by atoms with Gasteiger partial charge in [-0.05, 0) is 29.8 Å². The maximum absolute atomic E-state index is 12.8. The molecule has 0 aliphatic carbocycles. The minimum atomic E-state index is -5.02. The van der Waals surface area contributed by atoms with Crippen LogP contribution in [0.4, 0.5) is 32.0 Å². The Labute approximate surface area is 153 Å². The van der Waals surface area contributed by atoms with E-state index in [-0.39, 0.29) is 16.7 Å². The number of alkyl halides is 7. The van der Waals surface area contributed by atoms with E-state index in [0.29, 0.717) is 12.1 Å². The van der Waals surface area contributed by atoms with Gasteiger partial charge in [-0.3, -0.25) is 4.79 Å². The summed E-state index contributed by atoms with van der Waals surface area (Å²) in [5, 5.41) is 0.681. The fourth-order valence-corrected chi connectivity index (χ4v) is 2.60. The Kier molecular flexibility index (Phi) is 5.77. The van der Waals surface area contributed by atoms with Gasteiger partial charge in [0, 0.05) is 10.7 Å². The van der Waals surface area contributed by atoms with Crippen LogP contribution < -0.4 is 5.32 Å². The first kappa shape index (κ1) is 20.4. The second kappa shape index (κ2) is 7.36. The Bertz CT molecular complexity index is 787. The van der Waals surface area contributed by atoms with Gasteiger partial charge >= 0.3 is 12.4 Å². The molecule has 1 amide bonds. The molecule has 140 valence electrons. The van der Waals surface area contributed by atoms with Crippen molar-refractivity contribution in [1.82, 2.24) is 0 Å². The Balaban J connectivity index is 2.36. The van der Waals surface area contributed by atoms with Crippen LogP contribution in [0.1, 0.15) is 22.1 Å². The molecule has 0 aromatic heterocycles. The molecule has 10 heteroatoms. The van der Waals surface area contributed by atoms with E-state index in [1.165, 1.54) is 18.2 Å². The molecule has 0 saturated heterocycles. The molecule has 0 radical (unpaired) electrons. The van der Waals surface area contributed by atoms with E-state index in [2.05, 4.69) is 0 Å². The zero-order valence-corrected chi connectivity index (χ0v) is 14.1. The molecule has 0 spiro atoms. The first-order valence-corrected chi connectivity index (χ1v) is 7.70. The normalized spacial score (nSPS) is 13.4. The number of benzene rings is 2. The van der Waals surface area contributed by atoms with Crippen LogP contribution >= 0.6 is 23.2 Å². The van der Waals surface area contributed by atoms with Gasteiger partial charge in [0.05, 0.1) is 11.1 Å².